The molecule has 2 N–H and O–H groups in total. The number of aromatic amines is 1. The molecule has 0 radical (unpaired) electrons. The number of ketones is 1. The van der Waals surface area contributed by atoms with Gasteiger partial charge in [0.15, 0.2) is 5.78 Å². The number of likely N-dealkylation sites (tertiary alicyclic amines) is 1. The number of nitrogens with zero attached hydrogens (tertiary/aromatic N) is 6. The summed E-state index contributed by atoms with van der Waals surface area (Å²) >= 11 is 0. The molecule has 1 saturated heterocycles. The number of hydrogen-bond acceptors (Lipinski definition) is 7. The number of amides is 2. The standard InChI is InChI=1S/C29H32N8O3/c1-16-9-19(20-13-31-18(3)32-14-20)10-22-26(17(2)38)35-36(27(16)22)15-25(39)37-23(11-29(4)12-24(29)37)28(40)30-7-5-21-6-8-33-34-21/h6,8-10,13-14,23-24H,5,7,11-12,15H2,1-4H3,(H,30,40)(H,33,34)/t23-,24?,29-/m0/s1. The number of aryl methyl sites for hydroxylation is 2. The lowest BCUT2D eigenvalue weighted by Crippen LogP contribution is -2.49. The summed E-state index contributed by atoms with van der Waals surface area (Å²) in [5.41, 5.74) is 4.53. The first-order chi connectivity index (χ1) is 19.1. The molecule has 2 aliphatic rings. The van der Waals surface area contributed by atoms with Gasteiger partial charge >= 0.3 is 0 Å². The first kappa shape index (κ1) is 25.8. The molecule has 3 atom stereocenters. The molecule has 40 heavy (non-hydrogen) atoms. The van der Waals surface area contributed by atoms with Crippen LogP contribution < -0.4 is 5.32 Å². The van der Waals surface area contributed by atoms with Gasteiger partial charge in [-0.1, -0.05) is 6.92 Å². The number of rotatable bonds is 8. The lowest BCUT2D eigenvalue weighted by atomic mass is 10.0. The first-order valence-electron chi connectivity index (χ1n) is 13.5. The summed E-state index contributed by atoms with van der Waals surface area (Å²) in [6.45, 7) is 7.78. The Morgan fingerprint density at radius 3 is 2.60 bits per heavy atom. The maximum atomic E-state index is 13.8. The Morgan fingerprint density at radius 1 is 1.12 bits per heavy atom. The molecule has 6 rings (SSSR count). The summed E-state index contributed by atoms with van der Waals surface area (Å²) in [6, 6.07) is 5.28. The third kappa shape index (κ3) is 4.55. The van der Waals surface area contributed by atoms with Crippen molar-refractivity contribution in [2.75, 3.05) is 6.54 Å². The molecule has 3 aromatic heterocycles. The van der Waals surface area contributed by atoms with E-state index in [1.54, 1.807) is 28.2 Å². The summed E-state index contributed by atoms with van der Waals surface area (Å²) in [4.78, 5) is 49.9. The molecule has 2 fully saturated rings. The van der Waals surface area contributed by atoms with Crippen molar-refractivity contribution < 1.29 is 14.4 Å². The van der Waals surface area contributed by atoms with E-state index in [1.165, 1.54) is 6.92 Å². The van der Waals surface area contributed by atoms with E-state index in [0.717, 1.165) is 34.3 Å². The van der Waals surface area contributed by atoms with Crippen LogP contribution in [-0.4, -0.2) is 71.1 Å². The third-order valence-electron chi connectivity index (χ3n) is 8.25. The normalized spacial score (nSPS) is 21.4. The number of aromatic nitrogens is 6. The second kappa shape index (κ2) is 9.65. The fourth-order valence-electron chi connectivity index (χ4n) is 6.04. The lowest BCUT2D eigenvalue weighted by molar-refractivity contribution is -0.140. The van der Waals surface area contributed by atoms with E-state index >= 15 is 0 Å². The molecule has 1 unspecified atom stereocenters. The highest BCUT2D eigenvalue weighted by Crippen LogP contribution is 2.59. The van der Waals surface area contributed by atoms with Crippen LogP contribution in [0.4, 0.5) is 0 Å². The Kier molecular flexibility index (Phi) is 6.24. The van der Waals surface area contributed by atoms with Crippen LogP contribution in [0.5, 0.6) is 0 Å². The van der Waals surface area contributed by atoms with E-state index in [0.29, 0.717) is 36.3 Å². The van der Waals surface area contributed by atoms with Crippen LogP contribution in [0.3, 0.4) is 0 Å². The van der Waals surface area contributed by atoms with E-state index in [4.69, 9.17) is 0 Å². The number of piperidine rings is 1. The highest BCUT2D eigenvalue weighted by Gasteiger charge is 2.64. The van der Waals surface area contributed by atoms with Gasteiger partial charge in [0.25, 0.3) is 0 Å². The van der Waals surface area contributed by atoms with Crippen molar-refractivity contribution in [3.05, 3.63) is 59.6 Å². The molecule has 1 aromatic carbocycles. The van der Waals surface area contributed by atoms with Crippen molar-refractivity contribution in [1.82, 2.24) is 40.2 Å². The molecule has 1 aliphatic carbocycles. The van der Waals surface area contributed by atoms with Crippen LogP contribution in [-0.2, 0) is 22.6 Å². The summed E-state index contributed by atoms with van der Waals surface area (Å²) in [5.74, 6) is 0.182. The van der Waals surface area contributed by atoms with Crippen LogP contribution in [0, 0.1) is 19.3 Å². The Hall–Kier alpha value is -4.41. The summed E-state index contributed by atoms with van der Waals surface area (Å²) in [6.07, 6.45) is 7.35. The quantitative estimate of drug-likeness (QED) is 0.328. The summed E-state index contributed by atoms with van der Waals surface area (Å²) < 4.78 is 1.62. The van der Waals surface area contributed by atoms with Gasteiger partial charge in [-0.15, -0.1) is 0 Å². The van der Waals surface area contributed by atoms with Gasteiger partial charge < -0.3 is 10.2 Å². The second-order valence-electron chi connectivity index (χ2n) is 11.3. The van der Waals surface area contributed by atoms with Crippen molar-refractivity contribution >= 4 is 28.5 Å². The molecule has 11 heteroatoms. The fraction of sp³-hybridized carbons (Fsp3) is 0.414. The van der Waals surface area contributed by atoms with Gasteiger partial charge in [-0.25, -0.2) is 9.97 Å². The Labute approximate surface area is 231 Å². The molecule has 4 aromatic rings. The van der Waals surface area contributed by atoms with Gasteiger partial charge in [0, 0.05) is 61.2 Å². The van der Waals surface area contributed by atoms with Gasteiger partial charge in [-0.05, 0) is 61.4 Å². The second-order valence-corrected chi connectivity index (χ2v) is 11.3. The molecule has 0 bridgehead atoms. The number of hydrogen-bond donors (Lipinski definition) is 2. The van der Waals surface area contributed by atoms with Crippen LogP contribution in [0.1, 0.15) is 54.3 Å². The van der Waals surface area contributed by atoms with Crippen LogP contribution in [0.2, 0.25) is 0 Å². The van der Waals surface area contributed by atoms with Crippen molar-refractivity contribution in [1.29, 1.82) is 0 Å². The average molecular weight is 541 g/mol. The van der Waals surface area contributed by atoms with Crippen molar-refractivity contribution in [3.63, 3.8) is 0 Å². The molecule has 0 spiro atoms. The molecule has 1 aliphatic heterocycles. The predicted molar refractivity (Wildman–Crippen MR) is 147 cm³/mol. The van der Waals surface area contributed by atoms with Gasteiger partial charge in [0.2, 0.25) is 11.8 Å². The lowest BCUT2D eigenvalue weighted by Gasteiger charge is -2.27. The summed E-state index contributed by atoms with van der Waals surface area (Å²) in [7, 11) is 0. The Morgan fingerprint density at radius 2 is 1.90 bits per heavy atom. The van der Waals surface area contributed by atoms with Gasteiger partial charge in [-0.3, -0.25) is 24.2 Å². The van der Waals surface area contributed by atoms with E-state index in [2.05, 4.69) is 37.5 Å². The fourth-order valence-corrected chi connectivity index (χ4v) is 6.04. The van der Waals surface area contributed by atoms with E-state index < -0.39 is 6.04 Å². The minimum absolute atomic E-state index is 0.0340. The number of H-pyrrole nitrogens is 1. The SMILES string of the molecule is CC(=O)c1nn(CC(=O)N2C3C[C@]3(C)C[C@H]2C(=O)NCCc2ccn[nH]2)c2c(C)cc(-c3cnc(C)nc3)cc12. The molecule has 206 valence electrons. The number of carbonyl (C=O) groups excluding carboxylic acids is 3. The zero-order chi connectivity index (χ0) is 28.2. The zero-order valence-electron chi connectivity index (χ0n) is 23.1. The summed E-state index contributed by atoms with van der Waals surface area (Å²) in [5, 5.41) is 15.1. The van der Waals surface area contributed by atoms with Crippen molar-refractivity contribution in [2.45, 2.75) is 65.6 Å². The number of fused-ring (bicyclic) bond motifs is 2. The first-order valence-corrected chi connectivity index (χ1v) is 13.5. The monoisotopic (exact) mass is 540 g/mol. The van der Waals surface area contributed by atoms with Crippen molar-refractivity contribution in [2.24, 2.45) is 5.41 Å². The van der Waals surface area contributed by atoms with E-state index in [1.807, 2.05) is 32.0 Å². The predicted octanol–water partition coefficient (Wildman–Crippen LogP) is 2.77. The minimum Gasteiger partial charge on any atom is -0.354 e. The molecular weight excluding hydrogens is 508 g/mol. The number of carbonyl (C=O) groups is 3. The zero-order valence-corrected chi connectivity index (χ0v) is 23.1. The van der Waals surface area contributed by atoms with Crippen molar-refractivity contribution in [3.8, 4) is 11.1 Å². The number of Topliss-reactive ketones (excluding diaryl/α,β-unsaturated/α-hetero) is 1. The minimum atomic E-state index is -0.527. The molecule has 1 saturated carbocycles. The maximum absolute atomic E-state index is 13.8. The largest absolute Gasteiger partial charge is 0.354 e. The van der Waals surface area contributed by atoms with E-state index in [9.17, 15) is 14.4 Å². The smallest absolute Gasteiger partial charge is 0.245 e. The average Bonchev–Trinajstić information content (AvgIpc) is 3.30. The van der Waals surface area contributed by atoms with Crippen LogP contribution in [0.25, 0.3) is 22.0 Å². The van der Waals surface area contributed by atoms with Gasteiger partial charge in [0.1, 0.15) is 24.1 Å². The number of nitrogens with one attached hydrogen (secondary N) is 2. The topological polar surface area (TPSA) is 139 Å². The molecule has 4 heterocycles. The Balaban J connectivity index is 1.26. The Bertz CT molecular complexity index is 1630. The molecule has 11 nitrogen and oxygen atoms in total. The number of benzene rings is 1. The highest BCUT2D eigenvalue weighted by molar-refractivity contribution is 6.07. The highest BCUT2D eigenvalue weighted by atomic mass is 16.2. The molecular formula is C29H32N8O3. The maximum Gasteiger partial charge on any atom is 0.245 e. The van der Waals surface area contributed by atoms with Gasteiger partial charge in [0.05, 0.1) is 5.52 Å². The molecule has 2 amide bonds. The third-order valence-corrected chi connectivity index (χ3v) is 8.25. The van der Waals surface area contributed by atoms with E-state index in [-0.39, 0.29) is 35.6 Å². The van der Waals surface area contributed by atoms with Crippen LogP contribution >= 0.6 is 0 Å². The van der Waals surface area contributed by atoms with Crippen LogP contribution in [0.15, 0.2) is 36.8 Å². The van der Waals surface area contributed by atoms with Gasteiger partial charge in [-0.2, -0.15) is 10.2 Å².